The summed E-state index contributed by atoms with van der Waals surface area (Å²) < 4.78 is 0. The van der Waals surface area contributed by atoms with E-state index in [9.17, 15) is 5.11 Å². The Morgan fingerprint density at radius 2 is 1.96 bits per heavy atom. The average Bonchev–Trinajstić information content (AvgIpc) is 2.68. The molecule has 0 bridgehead atoms. The maximum atomic E-state index is 9.96. The molecule has 136 valence electrons. The van der Waals surface area contributed by atoms with Crippen molar-refractivity contribution in [1.29, 1.82) is 0 Å². The summed E-state index contributed by atoms with van der Waals surface area (Å²) in [7, 11) is 2.03. The molecule has 0 saturated carbocycles. The molecule has 0 aliphatic carbocycles. The van der Waals surface area contributed by atoms with E-state index in [2.05, 4.69) is 22.3 Å². The predicted molar refractivity (Wildman–Crippen MR) is 104 cm³/mol. The van der Waals surface area contributed by atoms with Crippen LogP contribution < -0.4 is 15.3 Å². The molecule has 4 rings (SSSR count). The minimum Gasteiger partial charge on any atom is -0.508 e. The van der Waals surface area contributed by atoms with Gasteiger partial charge < -0.3 is 15.3 Å². The Kier molecular flexibility index (Phi) is 4.77. The molecule has 2 heterocycles. The van der Waals surface area contributed by atoms with Crippen molar-refractivity contribution in [3.63, 3.8) is 0 Å². The van der Waals surface area contributed by atoms with E-state index in [1.807, 2.05) is 31.3 Å². The zero-order valence-electron chi connectivity index (χ0n) is 14.9. The lowest BCUT2D eigenvalue weighted by Gasteiger charge is -2.35. The number of hydrogen-bond donors (Lipinski definition) is 2. The molecule has 0 atom stereocenters. The summed E-state index contributed by atoms with van der Waals surface area (Å²) >= 11 is 0. The number of hydroxylamine groups is 1. The third-order valence-electron chi connectivity index (χ3n) is 4.79. The van der Waals surface area contributed by atoms with Crippen molar-refractivity contribution < 1.29 is 9.94 Å². The first-order valence-electron chi connectivity index (χ1n) is 9.04. The lowest BCUT2D eigenvalue weighted by atomic mass is 10.1. The highest BCUT2D eigenvalue weighted by atomic mass is 16.7. The zero-order valence-corrected chi connectivity index (χ0v) is 14.9. The zero-order chi connectivity index (χ0) is 17.9. The van der Waals surface area contributed by atoms with Crippen LogP contribution in [0, 0.1) is 0 Å². The molecule has 2 N–H and O–H groups in total. The molecule has 0 amide bonds. The number of piperidine rings is 1. The maximum absolute atomic E-state index is 9.96. The lowest BCUT2D eigenvalue weighted by Crippen LogP contribution is -2.42. The van der Waals surface area contributed by atoms with Crippen molar-refractivity contribution in [2.75, 3.05) is 36.8 Å². The van der Waals surface area contributed by atoms with Gasteiger partial charge >= 0.3 is 0 Å². The number of anilines is 2. The Bertz CT molecular complexity index is 802. The number of aromatic hydroxyl groups is 1. The number of phenolic OH excluding ortho intramolecular Hbond substituents is 1. The molecular weight excluding hydrogens is 328 g/mol. The van der Waals surface area contributed by atoms with Gasteiger partial charge in [0.15, 0.2) is 5.84 Å². The van der Waals surface area contributed by atoms with E-state index in [0.29, 0.717) is 6.67 Å². The number of rotatable bonds is 3. The Morgan fingerprint density at radius 3 is 2.77 bits per heavy atom. The van der Waals surface area contributed by atoms with Crippen molar-refractivity contribution in [1.82, 2.24) is 5.32 Å². The smallest absolute Gasteiger partial charge is 0.164 e. The molecule has 6 heteroatoms. The fourth-order valence-electron chi connectivity index (χ4n) is 3.41. The van der Waals surface area contributed by atoms with E-state index in [4.69, 9.17) is 9.83 Å². The molecule has 2 aliphatic heterocycles. The molecule has 6 nitrogen and oxygen atoms in total. The SMILES string of the molecule is CN1CN=C(N(OC2CCNCC2)c2cccc(O)c2)c2ccccc21. The number of hydrogen-bond acceptors (Lipinski definition) is 6. The molecule has 1 saturated heterocycles. The standard InChI is InChI=1S/C20H24N4O2/c1-23-14-22-20(18-7-2-3-8-19(18)23)24(15-5-4-6-16(25)13-15)26-17-9-11-21-12-10-17/h2-8,13,17,21,25H,9-12,14H2,1H3. The van der Waals surface area contributed by atoms with Gasteiger partial charge in [-0.3, -0.25) is 4.84 Å². The highest BCUT2D eigenvalue weighted by molar-refractivity contribution is 6.13. The number of benzene rings is 2. The number of para-hydroxylation sites is 1. The number of nitrogens with zero attached hydrogens (tertiary/aromatic N) is 3. The van der Waals surface area contributed by atoms with Crippen LogP contribution in [0.25, 0.3) is 0 Å². The van der Waals surface area contributed by atoms with Crippen molar-refractivity contribution in [2.45, 2.75) is 18.9 Å². The van der Waals surface area contributed by atoms with Gasteiger partial charge in [0.25, 0.3) is 0 Å². The van der Waals surface area contributed by atoms with Gasteiger partial charge in [0, 0.05) is 24.4 Å². The van der Waals surface area contributed by atoms with Gasteiger partial charge in [-0.15, -0.1) is 0 Å². The van der Waals surface area contributed by atoms with E-state index in [1.54, 1.807) is 17.2 Å². The highest BCUT2D eigenvalue weighted by Gasteiger charge is 2.27. The number of phenols is 1. The van der Waals surface area contributed by atoms with Crippen LogP contribution in [0.5, 0.6) is 5.75 Å². The molecule has 0 unspecified atom stereocenters. The molecule has 2 aromatic carbocycles. The summed E-state index contributed by atoms with van der Waals surface area (Å²) in [6, 6.07) is 15.3. The Balaban J connectivity index is 1.73. The van der Waals surface area contributed by atoms with Crippen molar-refractivity contribution >= 4 is 17.2 Å². The number of aliphatic imine (C=N–C) groups is 1. The molecule has 0 aromatic heterocycles. The fraction of sp³-hybridized carbons (Fsp3) is 0.350. The molecule has 0 spiro atoms. The quantitative estimate of drug-likeness (QED) is 0.832. The maximum Gasteiger partial charge on any atom is 0.164 e. The molecular formula is C20H24N4O2. The second-order valence-electron chi connectivity index (χ2n) is 6.71. The lowest BCUT2D eigenvalue weighted by molar-refractivity contribution is 0.0380. The Hall–Kier alpha value is -2.57. The monoisotopic (exact) mass is 352 g/mol. The first-order chi connectivity index (χ1) is 12.7. The van der Waals surface area contributed by atoms with Gasteiger partial charge in [-0.25, -0.2) is 10.1 Å². The summed E-state index contributed by atoms with van der Waals surface area (Å²) in [5, 5.41) is 15.1. The van der Waals surface area contributed by atoms with Crippen LogP contribution in [-0.2, 0) is 4.84 Å². The topological polar surface area (TPSA) is 60.3 Å². The van der Waals surface area contributed by atoms with Gasteiger partial charge in [-0.05, 0) is 50.2 Å². The second kappa shape index (κ2) is 7.35. The van der Waals surface area contributed by atoms with Crippen LogP contribution in [-0.4, -0.2) is 43.9 Å². The molecule has 2 aliphatic rings. The fourth-order valence-corrected chi connectivity index (χ4v) is 3.41. The second-order valence-corrected chi connectivity index (χ2v) is 6.71. The summed E-state index contributed by atoms with van der Waals surface area (Å²) in [5.74, 6) is 0.992. The Morgan fingerprint density at radius 1 is 1.15 bits per heavy atom. The van der Waals surface area contributed by atoms with E-state index in [0.717, 1.165) is 48.7 Å². The summed E-state index contributed by atoms with van der Waals surface area (Å²) in [5.41, 5.74) is 2.93. The first-order valence-corrected chi connectivity index (χ1v) is 9.04. The number of nitrogens with one attached hydrogen (secondary N) is 1. The van der Waals surface area contributed by atoms with Crippen LogP contribution in [0.1, 0.15) is 18.4 Å². The highest BCUT2D eigenvalue weighted by Crippen LogP contribution is 2.30. The minimum atomic E-state index is 0.119. The third-order valence-corrected chi connectivity index (χ3v) is 4.79. The number of amidine groups is 1. The number of fused-ring (bicyclic) bond motifs is 1. The molecule has 1 fully saturated rings. The van der Waals surface area contributed by atoms with Gasteiger partial charge in [0.2, 0.25) is 0 Å². The van der Waals surface area contributed by atoms with Crippen molar-refractivity contribution in [3.8, 4) is 5.75 Å². The predicted octanol–water partition coefficient (Wildman–Crippen LogP) is 2.74. The van der Waals surface area contributed by atoms with E-state index in [-0.39, 0.29) is 11.9 Å². The Labute approximate surface area is 153 Å². The van der Waals surface area contributed by atoms with Gasteiger partial charge in [-0.1, -0.05) is 18.2 Å². The summed E-state index contributed by atoms with van der Waals surface area (Å²) in [4.78, 5) is 13.3. The van der Waals surface area contributed by atoms with E-state index in [1.165, 1.54) is 0 Å². The normalized spacial score (nSPS) is 17.6. The average molecular weight is 352 g/mol. The van der Waals surface area contributed by atoms with E-state index < -0.39 is 0 Å². The summed E-state index contributed by atoms with van der Waals surface area (Å²) in [6.07, 6.45) is 2.02. The van der Waals surface area contributed by atoms with Gasteiger partial charge in [-0.2, -0.15) is 0 Å². The van der Waals surface area contributed by atoms with Crippen LogP contribution in [0.15, 0.2) is 53.5 Å². The largest absolute Gasteiger partial charge is 0.508 e. The molecule has 2 aromatic rings. The van der Waals surface area contributed by atoms with Crippen LogP contribution in [0.3, 0.4) is 0 Å². The van der Waals surface area contributed by atoms with Crippen molar-refractivity contribution in [3.05, 3.63) is 54.1 Å². The first kappa shape index (κ1) is 16.9. The third kappa shape index (κ3) is 3.38. The van der Waals surface area contributed by atoms with E-state index >= 15 is 0 Å². The van der Waals surface area contributed by atoms with Crippen LogP contribution in [0.4, 0.5) is 11.4 Å². The minimum absolute atomic E-state index is 0.119. The van der Waals surface area contributed by atoms with Crippen LogP contribution >= 0.6 is 0 Å². The van der Waals surface area contributed by atoms with Gasteiger partial charge in [0.1, 0.15) is 12.4 Å². The summed E-state index contributed by atoms with van der Waals surface area (Å²) in [6.45, 7) is 2.46. The molecule has 26 heavy (non-hydrogen) atoms. The van der Waals surface area contributed by atoms with Gasteiger partial charge in [0.05, 0.1) is 11.8 Å². The van der Waals surface area contributed by atoms with Crippen molar-refractivity contribution in [2.24, 2.45) is 4.99 Å². The molecule has 0 radical (unpaired) electrons. The van der Waals surface area contributed by atoms with Crippen LogP contribution in [0.2, 0.25) is 0 Å².